The van der Waals surface area contributed by atoms with Crippen molar-refractivity contribution in [2.24, 2.45) is 5.73 Å². The summed E-state index contributed by atoms with van der Waals surface area (Å²) in [6.45, 7) is 15.7. The third-order valence-corrected chi connectivity index (χ3v) is 6.24. The summed E-state index contributed by atoms with van der Waals surface area (Å²) in [7, 11) is 0. The average molecular weight is 492 g/mol. The number of carbonyl (C=O) groups is 1. The van der Waals surface area contributed by atoms with E-state index >= 15 is 0 Å². The van der Waals surface area contributed by atoms with E-state index in [1.165, 1.54) is 11.1 Å². The average Bonchev–Trinajstić information content (AvgIpc) is 2.78. The topological polar surface area (TPSA) is 102 Å². The van der Waals surface area contributed by atoms with Crippen LogP contribution in [-0.4, -0.2) is 33.7 Å². The van der Waals surface area contributed by atoms with Gasteiger partial charge in [0, 0.05) is 29.4 Å². The predicted molar refractivity (Wildman–Crippen MR) is 149 cm³/mol. The summed E-state index contributed by atoms with van der Waals surface area (Å²) in [6.07, 6.45) is 9.92. The number of ether oxygens (including phenoxy) is 1. The van der Waals surface area contributed by atoms with Crippen molar-refractivity contribution in [1.82, 2.24) is 15.3 Å². The van der Waals surface area contributed by atoms with Crippen molar-refractivity contribution < 1.29 is 9.53 Å². The van der Waals surface area contributed by atoms with Gasteiger partial charge in [0.05, 0.1) is 5.52 Å². The minimum Gasteiger partial charge on any atom is -0.444 e. The standard InChI is InChI=1S/C29H41N5O2/c1-8-20-15-21(25(18(2)3)14-9-19(4)30)16-22-17-31-27(34-26(20)22)32-23-10-12-24(13-11-23)33-28(35)36-29(5,6)7/h9,14-17,23-24H,4,8,10-13,30H2,1-3,5-7H3,(H,33,35)(H,31,32,34)/b14-9-/t23-,24-. The summed E-state index contributed by atoms with van der Waals surface area (Å²) in [6, 6.07) is 4.75. The van der Waals surface area contributed by atoms with Crippen LogP contribution in [0.3, 0.4) is 0 Å². The first kappa shape index (κ1) is 27.2. The van der Waals surface area contributed by atoms with Crippen LogP contribution >= 0.6 is 0 Å². The maximum atomic E-state index is 12.1. The molecule has 0 radical (unpaired) electrons. The van der Waals surface area contributed by atoms with Gasteiger partial charge in [0.25, 0.3) is 0 Å². The second-order valence-corrected chi connectivity index (χ2v) is 10.8. The van der Waals surface area contributed by atoms with E-state index in [9.17, 15) is 4.79 Å². The van der Waals surface area contributed by atoms with Gasteiger partial charge >= 0.3 is 6.09 Å². The molecule has 1 heterocycles. The van der Waals surface area contributed by atoms with Crippen molar-refractivity contribution >= 4 is 28.5 Å². The first-order chi connectivity index (χ1) is 16.9. The van der Waals surface area contributed by atoms with Gasteiger partial charge < -0.3 is 21.1 Å². The number of hydrogen-bond donors (Lipinski definition) is 3. The molecule has 194 valence electrons. The van der Waals surface area contributed by atoms with Crippen molar-refractivity contribution in [2.45, 2.75) is 91.3 Å². The molecule has 1 fully saturated rings. The molecule has 0 atom stereocenters. The maximum Gasteiger partial charge on any atom is 0.407 e. The molecule has 1 aromatic heterocycles. The van der Waals surface area contributed by atoms with Crippen molar-refractivity contribution in [3.8, 4) is 0 Å². The van der Waals surface area contributed by atoms with E-state index in [4.69, 9.17) is 15.5 Å². The monoisotopic (exact) mass is 491 g/mol. The van der Waals surface area contributed by atoms with Crippen LogP contribution in [0.25, 0.3) is 16.5 Å². The zero-order valence-corrected chi connectivity index (χ0v) is 22.6. The van der Waals surface area contributed by atoms with Gasteiger partial charge in [0.1, 0.15) is 5.60 Å². The van der Waals surface area contributed by atoms with Crippen LogP contribution in [0.2, 0.25) is 0 Å². The molecule has 0 spiro atoms. The number of fused-ring (bicyclic) bond motifs is 1. The van der Waals surface area contributed by atoms with Crippen molar-refractivity contribution in [2.75, 3.05) is 5.32 Å². The van der Waals surface area contributed by atoms with Gasteiger partial charge in [0.2, 0.25) is 5.95 Å². The number of nitrogens with one attached hydrogen (secondary N) is 2. The largest absolute Gasteiger partial charge is 0.444 e. The molecule has 1 aliphatic rings. The highest BCUT2D eigenvalue weighted by molar-refractivity contribution is 5.89. The number of alkyl carbamates (subject to hydrolysis) is 1. The Kier molecular flexibility index (Phi) is 8.77. The van der Waals surface area contributed by atoms with Crippen LogP contribution in [0.4, 0.5) is 10.7 Å². The van der Waals surface area contributed by atoms with Gasteiger partial charge in [-0.3, -0.25) is 0 Å². The van der Waals surface area contributed by atoms with Crippen molar-refractivity contribution in [3.63, 3.8) is 0 Å². The molecule has 3 rings (SSSR count). The first-order valence-corrected chi connectivity index (χ1v) is 12.8. The van der Waals surface area contributed by atoms with Crippen LogP contribution in [0.15, 0.2) is 48.3 Å². The Morgan fingerprint density at radius 2 is 1.83 bits per heavy atom. The SMILES string of the molecule is C=C(N)/C=C\C(=C(C)C)c1cc(CC)c2nc(N[C@H]3CC[C@H](NC(=O)OC(C)(C)C)CC3)ncc2c1. The Morgan fingerprint density at radius 3 is 2.42 bits per heavy atom. The van der Waals surface area contributed by atoms with E-state index in [0.29, 0.717) is 11.6 Å². The first-order valence-electron chi connectivity index (χ1n) is 12.8. The highest BCUT2D eigenvalue weighted by Gasteiger charge is 2.25. The van der Waals surface area contributed by atoms with E-state index in [0.717, 1.165) is 54.1 Å². The minimum atomic E-state index is -0.488. The summed E-state index contributed by atoms with van der Waals surface area (Å²) >= 11 is 0. The van der Waals surface area contributed by atoms with E-state index in [-0.39, 0.29) is 18.2 Å². The molecule has 7 nitrogen and oxygen atoms in total. The smallest absolute Gasteiger partial charge is 0.407 e. The minimum absolute atomic E-state index is 0.135. The molecule has 2 aromatic rings. The second-order valence-electron chi connectivity index (χ2n) is 10.8. The van der Waals surface area contributed by atoms with Gasteiger partial charge in [-0.25, -0.2) is 14.8 Å². The summed E-state index contributed by atoms with van der Waals surface area (Å²) < 4.78 is 5.38. The van der Waals surface area contributed by atoms with Crippen LogP contribution < -0.4 is 16.4 Å². The quantitative estimate of drug-likeness (QED) is 0.395. The Balaban J connectivity index is 1.71. The van der Waals surface area contributed by atoms with Gasteiger partial charge in [-0.1, -0.05) is 25.2 Å². The maximum absolute atomic E-state index is 12.1. The lowest BCUT2D eigenvalue weighted by atomic mass is 9.91. The lowest BCUT2D eigenvalue weighted by Crippen LogP contribution is -2.42. The zero-order valence-electron chi connectivity index (χ0n) is 22.6. The van der Waals surface area contributed by atoms with Gasteiger partial charge in [0.15, 0.2) is 0 Å². The van der Waals surface area contributed by atoms with Crippen LogP contribution in [0.5, 0.6) is 0 Å². The molecule has 0 unspecified atom stereocenters. The number of rotatable bonds is 7. The van der Waals surface area contributed by atoms with Crippen LogP contribution in [0, 0.1) is 0 Å². The molecule has 1 amide bonds. The number of benzene rings is 1. The summed E-state index contributed by atoms with van der Waals surface area (Å²) in [5.41, 5.74) is 11.4. The van der Waals surface area contributed by atoms with Crippen LogP contribution in [0.1, 0.15) is 78.4 Å². The Bertz CT molecular complexity index is 1160. The van der Waals surface area contributed by atoms with E-state index in [1.807, 2.05) is 39.1 Å². The van der Waals surface area contributed by atoms with Crippen molar-refractivity contribution in [3.05, 3.63) is 59.5 Å². The van der Waals surface area contributed by atoms with E-state index in [2.05, 4.69) is 55.1 Å². The molecule has 7 heteroatoms. The van der Waals surface area contributed by atoms with E-state index in [1.54, 1.807) is 0 Å². The molecule has 1 saturated carbocycles. The fraction of sp³-hybridized carbons (Fsp3) is 0.483. The number of aryl methyl sites for hydroxylation is 1. The lowest BCUT2D eigenvalue weighted by molar-refractivity contribution is 0.0492. The number of hydrogen-bond acceptors (Lipinski definition) is 6. The highest BCUT2D eigenvalue weighted by atomic mass is 16.6. The Labute approximate surface area is 215 Å². The molecule has 0 bridgehead atoms. The normalized spacial score (nSPS) is 18.2. The van der Waals surface area contributed by atoms with Gasteiger partial charge in [-0.2, -0.15) is 0 Å². The number of allylic oxidation sites excluding steroid dienone is 4. The molecule has 1 aliphatic carbocycles. The molecular weight excluding hydrogens is 450 g/mol. The fourth-order valence-electron chi connectivity index (χ4n) is 4.49. The van der Waals surface area contributed by atoms with Gasteiger partial charge in [-0.15, -0.1) is 0 Å². The Morgan fingerprint density at radius 1 is 1.17 bits per heavy atom. The molecule has 0 saturated heterocycles. The summed E-state index contributed by atoms with van der Waals surface area (Å²) in [4.78, 5) is 21.6. The number of aromatic nitrogens is 2. The molecule has 1 aromatic carbocycles. The van der Waals surface area contributed by atoms with Crippen molar-refractivity contribution in [1.29, 1.82) is 0 Å². The highest BCUT2D eigenvalue weighted by Crippen LogP contribution is 2.29. The molecule has 36 heavy (non-hydrogen) atoms. The number of amides is 1. The number of carbonyl (C=O) groups excluding carboxylic acids is 1. The molecular formula is C29H41N5O2. The number of nitrogens with zero attached hydrogens (tertiary/aromatic N) is 2. The second kappa shape index (κ2) is 11.6. The lowest BCUT2D eigenvalue weighted by Gasteiger charge is -2.30. The third kappa shape index (κ3) is 7.57. The zero-order chi connectivity index (χ0) is 26.5. The van der Waals surface area contributed by atoms with E-state index < -0.39 is 5.60 Å². The Hall–Kier alpha value is -3.35. The predicted octanol–water partition coefficient (Wildman–Crippen LogP) is 6.26. The number of nitrogens with two attached hydrogens (primary N) is 1. The molecule has 4 N–H and O–H groups in total. The van der Waals surface area contributed by atoms with Gasteiger partial charge in [-0.05, 0) is 102 Å². The summed E-state index contributed by atoms with van der Waals surface area (Å²) in [5.74, 6) is 0.648. The fourth-order valence-corrected chi connectivity index (χ4v) is 4.49. The number of anilines is 1. The summed E-state index contributed by atoms with van der Waals surface area (Å²) in [5, 5.41) is 7.52. The molecule has 0 aliphatic heterocycles. The van der Waals surface area contributed by atoms with Crippen LogP contribution in [-0.2, 0) is 11.2 Å². The third-order valence-electron chi connectivity index (χ3n) is 6.24.